The summed E-state index contributed by atoms with van der Waals surface area (Å²) in [6.07, 6.45) is 3.33. The van der Waals surface area contributed by atoms with Crippen molar-refractivity contribution in [1.82, 2.24) is 4.90 Å². The van der Waals surface area contributed by atoms with Gasteiger partial charge in [-0.25, -0.2) is 4.79 Å². The number of benzene rings is 2. The van der Waals surface area contributed by atoms with Crippen molar-refractivity contribution in [2.75, 3.05) is 26.3 Å². The number of amides is 1. The summed E-state index contributed by atoms with van der Waals surface area (Å²) in [6, 6.07) is 15.0. The summed E-state index contributed by atoms with van der Waals surface area (Å²) in [5.41, 5.74) is -0.640. The number of hydrogen-bond donors (Lipinski definition) is 1. The van der Waals surface area contributed by atoms with E-state index in [2.05, 4.69) is 24.3 Å². The van der Waals surface area contributed by atoms with Gasteiger partial charge in [0, 0.05) is 19.8 Å². The van der Waals surface area contributed by atoms with Gasteiger partial charge >= 0.3 is 20.9 Å². The lowest BCUT2D eigenvalue weighted by Gasteiger charge is -2.37. The smallest absolute Gasteiger partial charge is 0.444 e. The average molecular weight is 735 g/mol. The number of aryl methyl sites for hydroxylation is 1. The molecule has 0 aliphatic heterocycles. The Labute approximate surface area is 306 Å². The Bertz CT molecular complexity index is 1320. The third kappa shape index (κ3) is 18.4. The molecule has 2 unspecified atom stereocenters. The predicted molar refractivity (Wildman–Crippen MR) is 198 cm³/mol. The molecule has 51 heavy (non-hydrogen) atoms. The number of aliphatic hydroxyl groups is 1. The minimum Gasteiger partial charge on any atom is -0.444 e. The van der Waals surface area contributed by atoms with Crippen molar-refractivity contribution in [3.8, 4) is 5.75 Å². The number of rotatable bonds is 22. The molecule has 0 aromatic heterocycles. The van der Waals surface area contributed by atoms with Gasteiger partial charge in [-0.1, -0.05) is 49.2 Å². The van der Waals surface area contributed by atoms with E-state index in [9.17, 15) is 19.3 Å². The molecule has 286 valence electrons. The summed E-state index contributed by atoms with van der Waals surface area (Å²) in [6.45, 7) is 17.6. The zero-order valence-electron chi connectivity index (χ0n) is 32.1. The largest absolute Gasteiger partial charge is 0.504 e. The van der Waals surface area contributed by atoms with Crippen molar-refractivity contribution >= 4 is 21.1 Å². The Morgan fingerprint density at radius 3 is 2.00 bits per heavy atom. The van der Waals surface area contributed by atoms with Crippen molar-refractivity contribution in [2.24, 2.45) is 0 Å². The number of carbonyl (C=O) groups excluding carboxylic acids is 2. The van der Waals surface area contributed by atoms with Gasteiger partial charge in [-0.15, -0.1) is 0 Å². The quantitative estimate of drug-likeness (QED) is 0.0542. The minimum absolute atomic E-state index is 0.0212. The van der Waals surface area contributed by atoms with E-state index in [4.69, 9.17) is 28.2 Å². The standard InChI is InChI=1S/C39H61NO10P/c1-36(2,3)47-35(43)40(24-16-10-11-17-25-45-26-18-15-21-30-19-13-12-14-20-30)28-33(42)31-22-23-34(32(27-31)29-41)46-39(50-51-44,48-37(4,5)6)49-38(7,8)9/h12-14,19-20,22-23,27,29,33,42,51H,10-11,15-18,21,24-26,28H2,1-9H3/q+1. The van der Waals surface area contributed by atoms with Crippen molar-refractivity contribution in [3.05, 3.63) is 65.2 Å². The molecule has 2 aromatic carbocycles. The highest BCUT2D eigenvalue weighted by Crippen LogP contribution is 2.35. The first-order chi connectivity index (χ1) is 23.9. The highest BCUT2D eigenvalue weighted by Gasteiger charge is 2.49. The molecule has 0 saturated carbocycles. The van der Waals surface area contributed by atoms with E-state index in [1.54, 1.807) is 68.4 Å². The van der Waals surface area contributed by atoms with Gasteiger partial charge in [-0.05, 0) is 127 Å². The van der Waals surface area contributed by atoms with Gasteiger partial charge in [0.05, 0.1) is 29.4 Å². The lowest BCUT2D eigenvalue weighted by molar-refractivity contribution is -0.478. The third-order valence-corrected chi connectivity index (χ3v) is 7.50. The molecule has 0 heterocycles. The van der Waals surface area contributed by atoms with E-state index in [1.165, 1.54) is 22.6 Å². The highest BCUT2D eigenvalue weighted by molar-refractivity contribution is 7.17. The molecule has 1 N–H and O–H groups in total. The van der Waals surface area contributed by atoms with Gasteiger partial charge in [0.15, 0.2) is 6.29 Å². The van der Waals surface area contributed by atoms with Crippen LogP contribution >= 0.6 is 8.69 Å². The molecule has 2 rings (SSSR count). The zero-order valence-corrected chi connectivity index (χ0v) is 33.1. The molecule has 0 saturated heterocycles. The summed E-state index contributed by atoms with van der Waals surface area (Å²) in [7, 11) is -1.30. The van der Waals surface area contributed by atoms with Crippen molar-refractivity contribution in [1.29, 1.82) is 0 Å². The van der Waals surface area contributed by atoms with Crippen LogP contribution in [-0.4, -0.2) is 71.7 Å². The summed E-state index contributed by atoms with van der Waals surface area (Å²) in [5, 5.41) is 11.3. The van der Waals surface area contributed by atoms with Crippen LogP contribution in [0, 0.1) is 0 Å². The maximum Gasteiger partial charge on any atom is 0.504 e. The SMILES string of the molecule is CC(C)(C)OC(=O)N(CCCCCCOCCCCc1ccccc1)CC(O)c1ccc(OC(O[PH+]=O)(OC(C)(C)C)OC(C)(C)C)c(C=O)c1. The van der Waals surface area contributed by atoms with Gasteiger partial charge in [-0.3, -0.25) is 14.3 Å². The van der Waals surface area contributed by atoms with Crippen LogP contribution in [0.1, 0.15) is 128 Å². The van der Waals surface area contributed by atoms with Crippen molar-refractivity contribution < 1.29 is 47.5 Å². The minimum atomic E-state index is -2.24. The van der Waals surface area contributed by atoms with Gasteiger partial charge in [0.25, 0.3) is 0 Å². The van der Waals surface area contributed by atoms with E-state index >= 15 is 0 Å². The van der Waals surface area contributed by atoms with Gasteiger partial charge in [0.1, 0.15) is 11.4 Å². The van der Waals surface area contributed by atoms with E-state index in [0.29, 0.717) is 25.0 Å². The first kappa shape index (κ1) is 44.2. The van der Waals surface area contributed by atoms with Gasteiger partial charge in [0.2, 0.25) is 0 Å². The molecule has 0 aliphatic rings. The second-order valence-electron chi connectivity index (χ2n) is 15.5. The summed E-state index contributed by atoms with van der Waals surface area (Å²) in [5.74, 6) is 0.0212. The number of unbranched alkanes of at least 4 members (excludes halogenated alkanes) is 4. The average Bonchev–Trinajstić information content (AvgIpc) is 3.01. The maximum atomic E-state index is 13.2. The molecule has 11 nitrogen and oxygen atoms in total. The summed E-state index contributed by atoms with van der Waals surface area (Å²) >= 11 is 0. The van der Waals surface area contributed by atoms with E-state index in [-0.39, 0.29) is 17.9 Å². The Morgan fingerprint density at radius 1 is 0.824 bits per heavy atom. The topological polar surface area (TPSA) is 130 Å². The summed E-state index contributed by atoms with van der Waals surface area (Å²) < 4.78 is 46.4. The normalized spacial score (nSPS) is 13.2. The number of aldehydes is 1. The lowest BCUT2D eigenvalue weighted by atomic mass is 10.0. The Hall–Kier alpha value is -2.92. The number of nitrogens with zero attached hydrogens (tertiary/aromatic N) is 1. The first-order valence-electron chi connectivity index (χ1n) is 17.9. The van der Waals surface area contributed by atoms with Crippen LogP contribution in [0.5, 0.6) is 5.75 Å². The van der Waals surface area contributed by atoms with Crippen LogP contribution in [0.3, 0.4) is 0 Å². The lowest BCUT2D eigenvalue weighted by Crippen LogP contribution is -2.51. The fourth-order valence-electron chi connectivity index (χ4n) is 5.06. The zero-order chi connectivity index (χ0) is 38.1. The highest BCUT2D eigenvalue weighted by atomic mass is 31.1. The maximum absolute atomic E-state index is 13.2. The van der Waals surface area contributed by atoms with Gasteiger partial charge in [-0.2, -0.15) is 0 Å². The number of aliphatic hydroxyl groups excluding tert-OH is 1. The van der Waals surface area contributed by atoms with Crippen LogP contribution in [0.2, 0.25) is 0 Å². The van der Waals surface area contributed by atoms with Gasteiger partial charge < -0.3 is 24.2 Å². The second-order valence-corrected chi connectivity index (χ2v) is 15.9. The number of hydrogen-bond acceptors (Lipinski definition) is 10. The molecule has 0 radical (unpaired) electrons. The van der Waals surface area contributed by atoms with E-state index < -0.39 is 43.8 Å². The number of ether oxygens (including phenoxy) is 5. The first-order valence-corrected chi connectivity index (χ1v) is 18.7. The second kappa shape index (κ2) is 20.9. The molecule has 0 spiro atoms. The monoisotopic (exact) mass is 734 g/mol. The molecule has 0 aliphatic carbocycles. The fourth-order valence-corrected chi connectivity index (χ4v) is 5.29. The molecule has 0 bridgehead atoms. The molecular formula is C39H61NO10P+. The summed E-state index contributed by atoms with van der Waals surface area (Å²) in [4.78, 5) is 26.9. The Balaban J connectivity index is 2.01. The Kier molecular flexibility index (Phi) is 18.2. The molecule has 1 amide bonds. The molecule has 2 atom stereocenters. The van der Waals surface area contributed by atoms with E-state index in [0.717, 1.165) is 51.6 Å². The Morgan fingerprint density at radius 2 is 1.43 bits per heavy atom. The third-order valence-electron chi connectivity index (χ3n) is 7.17. The van der Waals surface area contributed by atoms with Crippen LogP contribution in [0.15, 0.2) is 48.5 Å². The molecule has 2 aromatic rings. The molecule has 12 heteroatoms. The van der Waals surface area contributed by atoms with Crippen LogP contribution < -0.4 is 4.74 Å². The van der Waals surface area contributed by atoms with Crippen LogP contribution in [-0.2, 0) is 34.5 Å². The van der Waals surface area contributed by atoms with Crippen LogP contribution in [0.25, 0.3) is 0 Å². The van der Waals surface area contributed by atoms with E-state index in [1.807, 2.05) is 6.07 Å². The fraction of sp³-hybridized carbons (Fsp3) is 0.641. The van der Waals surface area contributed by atoms with Crippen molar-refractivity contribution in [2.45, 2.75) is 136 Å². The van der Waals surface area contributed by atoms with Crippen LogP contribution in [0.4, 0.5) is 4.79 Å². The predicted octanol–water partition coefficient (Wildman–Crippen LogP) is 8.95. The molecule has 0 fully saturated rings. The van der Waals surface area contributed by atoms with Crippen molar-refractivity contribution in [3.63, 3.8) is 0 Å². The molecular weight excluding hydrogens is 673 g/mol. The number of carbonyl (C=O) groups is 2.